The topological polar surface area (TPSA) is 69.8 Å². The summed E-state index contributed by atoms with van der Waals surface area (Å²) in [6.45, 7) is 10.6. The standard InChI is InChI=1S/C30H42N2O4P/c1-22(2)36-25-15-11-23(12-16-25)28(33)9-5-4-6-10-29(34)31(3)27(21-32-19-7-8-20-32)30(35)24-13-17-26(37)18-14-24/h11-18,22,27,30,35H,3-10,19-21,37H2,1-2H3/q+1. The van der Waals surface area contributed by atoms with E-state index in [2.05, 4.69) is 20.9 Å². The van der Waals surface area contributed by atoms with Crippen molar-refractivity contribution in [2.45, 2.75) is 77.0 Å². The molecular formula is C30H42N2O4P+. The molecule has 1 fully saturated rings. The quantitative estimate of drug-likeness (QED) is 0.129. The van der Waals surface area contributed by atoms with Crippen LogP contribution in [-0.4, -0.2) is 64.8 Å². The maximum Gasteiger partial charge on any atom is 0.386 e. The largest absolute Gasteiger partial charge is 0.491 e. The Kier molecular flexibility index (Phi) is 11.4. The highest BCUT2D eigenvalue weighted by Crippen LogP contribution is 2.22. The van der Waals surface area contributed by atoms with Gasteiger partial charge in [0.05, 0.1) is 19.1 Å². The Balaban J connectivity index is 1.47. The molecule has 0 aliphatic carbocycles. The highest BCUT2D eigenvalue weighted by atomic mass is 31.0. The number of aliphatic hydroxyl groups excluding tert-OH is 1. The number of nitrogens with zero attached hydrogens (tertiary/aromatic N) is 2. The number of hydrogen-bond donors (Lipinski definition) is 1. The molecule has 0 bridgehead atoms. The number of carbonyl (C=O) groups is 2. The first kappa shape index (κ1) is 29.2. The number of ketones is 1. The molecule has 1 saturated heterocycles. The third-order valence-electron chi connectivity index (χ3n) is 6.85. The van der Waals surface area contributed by atoms with E-state index in [4.69, 9.17) is 4.74 Å². The fourth-order valence-electron chi connectivity index (χ4n) is 4.72. The number of rotatable bonds is 14. The van der Waals surface area contributed by atoms with Crippen molar-refractivity contribution in [3.05, 3.63) is 59.7 Å². The molecule has 1 amide bonds. The van der Waals surface area contributed by atoms with Crippen molar-refractivity contribution < 1.29 is 24.0 Å². The first-order chi connectivity index (χ1) is 17.7. The summed E-state index contributed by atoms with van der Waals surface area (Å²) in [4.78, 5) is 27.8. The Morgan fingerprint density at radius 1 is 1.00 bits per heavy atom. The average Bonchev–Trinajstić information content (AvgIpc) is 3.40. The second kappa shape index (κ2) is 14.5. The van der Waals surface area contributed by atoms with Crippen LogP contribution in [0.5, 0.6) is 5.75 Å². The predicted octanol–water partition coefficient (Wildman–Crippen LogP) is 4.55. The molecule has 6 nitrogen and oxygen atoms in total. The highest BCUT2D eigenvalue weighted by molar-refractivity contribution is 7.27. The fourth-order valence-corrected chi connectivity index (χ4v) is 4.91. The number of amides is 1. The third-order valence-corrected chi connectivity index (χ3v) is 7.23. The lowest BCUT2D eigenvalue weighted by Gasteiger charge is -2.24. The van der Waals surface area contributed by atoms with Gasteiger partial charge in [-0.05, 0) is 87.8 Å². The Labute approximate surface area is 223 Å². The fraction of sp³-hybridized carbons (Fsp3) is 0.500. The normalized spacial score (nSPS) is 15.5. The van der Waals surface area contributed by atoms with Gasteiger partial charge in [-0.15, -0.1) is 9.24 Å². The summed E-state index contributed by atoms with van der Waals surface area (Å²) in [6, 6.07) is 14.6. The number of benzene rings is 2. The van der Waals surface area contributed by atoms with Gasteiger partial charge in [0.25, 0.3) is 0 Å². The van der Waals surface area contributed by atoms with Gasteiger partial charge in [-0.2, -0.15) is 4.58 Å². The van der Waals surface area contributed by atoms with Crippen molar-refractivity contribution in [3.63, 3.8) is 0 Å². The number of ether oxygens (including phenoxy) is 1. The zero-order valence-corrected chi connectivity index (χ0v) is 23.4. The van der Waals surface area contributed by atoms with E-state index in [1.807, 2.05) is 62.4 Å². The van der Waals surface area contributed by atoms with Gasteiger partial charge in [-0.1, -0.05) is 30.7 Å². The van der Waals surface area contributed by atoms with Crippen LogP contribution >= 0.6 is 9.24 Å². The van der Waals surface area contributed by atoms with E-state index in [0.717, 1.165) is 55.4 Å². The lowest BCUT2D eigenvalue weighted by molar-refractivity contribution is -0.496. The van der Waals surface area contributed by atoms with Crippen molar-refractivity contribution in [2.24, 2.45) is 0 Å². The first-order valence-electron chi connectivity index (χ1n) is 13.4. The van der Waals surface area contributed by atoms with Crippen molar-refractivity contribution in [3.8, 4) is 5.75 Å². The maximum absolute atomic E-state index is 13.0. The van der Waals surface area contributed by atoms with Crippen LogP contribution in [0.25, 0.3) is 0 Å². The van der Waals surface area contributed by atoms with Crippen LogP contribution in [0, 0.1) is 0 Å². The second-order valence-corrected chi connectivity index (χ2v) is 10.9. The molecule has 1 heterocycles. The zero-order chi connectivity index (χ0) is 26.8. The number of hydrogen-bond acceptors (Lipinski definition) is 5. The van der Waals surface area contributed by atoms with Gasteiger partial charge in [0.1, 0.15) is 18.6 Å². The van der Waals surface area contributed by atoms with Gasteiger partial charge < -0.3 is 9.84 Å². The number of unbranched alkanes of at least 4 members (excludes halogenated alkanes) is 2. The Morgan fingerprint density at radius 2 is 1.62 bits per heavy atom. The number of aliphatic hydroxyl groups is 1. The van der Waals surface area contributed by atoms with Crippen molar-refractivity contribution in [2.75, 3.05) is 19.6 Å². The second-order valence-electron chi connectivity index (χ2n) is 10.2. The summed E-state index contributed by atoms with van der Waals surface area (Å²) < 4.78 is 7.12. The first-order valence-corrected chi connectivity index (χ1v) is 14.0. The molecule has 1 aliphatic rings. The van der Waals surface area contributed by atoms with Gasteiger partial charge in [0, 0.05) is 12.0 Å². The van der Waals surface area contributed by atoms with Gasteiger partial charge in [0.2, 0.25) is 6.04 Å². The maximum atomic E-state index is 13.0. The van der Waals surface area contributed by atoms with E-state index in [9.17, 15) is 14.7 Å². The number of likely N-dealkylation sites (tertiary alicyclic amines) is 1. The molecule has 2 aromatic rings. The summed E-state index contributed by atoms with van der Waals surface area (Å²) in [6.07, 6.45) is 4.59. The van der Waals surface area contributed by atoms with Crippen molar-refractivity contribution in [1.82, 2.24) is 4.90 Å². The lowest BCUT2D eigenvalue weighted by Crippen LogP contribution is -2.44. The summed E-state index contributed by atoms with van der Waals surface area (Å²) in [7, 11) is 2.65. The SMILES string of the molecule is C=[N+](C(=O)CCCCCC(=O)c1ccc(OC(C)C)cc1)C(CN1CCCC1)C(O)c1ccc(P)cc1. The highest BCUT2D eigenvalue weighted by Gasteiger charge is 2.36. The minimum Gasteiger partial charge on any atom is -0.491 e. The van der Waals surface area contributed by atoms with Gasteiger partial charge >= 0.3 is 5.91 Å². The molecule has 3 rings (SSSR count). The molecule has 200 valence electrons. The van der Waals surface area contributed by atoms with E-state index in [1.165, 1.54) is 4.58 Å². The van der Waals surface area contributed by atoms with Crippen LogP contribution in [0.3, 0.4) is 0 Å². The molecule has 0 saturated carbocycles. The third kappa shape index (κ3) is 9.14. The van der Waals surface area contributed by atoms with E-state index < -0.39 is 12.1 Å². The Morgan fingerprint density at radius 3 is 2.24 bits per heavy atom. The van der Waals surface area contributed by atoms with E-state index in [0.29, 0.717) is 31.4 Å². The van der Waals surface area contributed by atoms with E-state index in [-0.39, 0.29) is 17.8 Å². The van der Waals surface area contributed by atoms with Gasteiger partial charge in [-0.25, -0.2) is 4.79 Å². The molecule has 0 radical (unpaired) electrons. The smallest absolute Gasteiger partial charge is 0.386 e. The average molecular weight is 526 g/mol. The van der Waals surface area contributed by atoms with E-state index in [1.54, 1.807) is 0 Å². The van der Waals surface area contributed by atoms with Crippen LogP contribution in [-0.2, 0) is 4.79 Å². The minimum atomic E-state index is -0.803. The molecular weight excluding hydrogens is 483 g/mol. The minimum absolute atomic E-state index is 0.0713. The molecule has 7 heteroatoms. The van der Waals surface area contributed by atoms with Crippen LogP contribution < -0.4 is 10.0 Å². The predicted molar refractivity (Wildman–Crippen MR) is 152 cm³/mol. The lowest BCUT2D eigenvalue weighted by atomic mass is 10.0. The molecule has 0 aromatic heterocycles. The number of carbonyl (C=O) groups excluding carboxylic acids is 2. The summed E-state index contributed by atoms with van der Waals surface area (Å²) in [5.74, 6) is 0.793. The molecule has 1 N–H and O–H groups in total. The molecule has 3 atom stereocenters. The Bertz CT molecular complexity index is 1030. The molecule has 37 heavy (non-hydrogen) atoms. The van der Waals surface area contributed by atoms with Crippen LogP contribution in [0.15, 0.2) is 48.5 Å². The van der Waals surface area contributed by atoms with Gasteiger partial charge in [-0.3, -0.25) is 9.69 Å². The summed E-state index contributed by atoms with van der Waals surface area (Å²) in [5, 5.41) is 12.2. The number of Topliss-reactive ketones (excluding diaryl/α,β-unsaturated/α-hetero) is 1. The molecule has 0 spiro atoms. The summed E-state index contributed by atoms with van der Waals surface area (Å²) in [5.41, 5.74) is 1.48. The van der Waals surface area contributed by atoms with Crippen LogP contribution in [0.4, 0.5) is 0 Å². The van der Waals surface area contributed by atoms with Gasteiger partial charge in [0.15, 0.2) is 5.78 Å². The summed E-state index contributed by atoms with van der Waals surface area (Å²) >= 11 is 0. The molecule has 3 unspecified atom stereocenters. The zero-order valence-electron chi connectivity index (χ0n) is 22.3. The molecule has 1 aliphatic heterocycles. The van der Waals surface area contributed by atoms with Crippen molar-refractivity contribution >= 4 is 33.0 Å². The van der Waals surface area contributed by atoms with Crippen LogP contribution in [0.2, 0.25) is 0 Å². The van der Waals surface area contributed by atoms with Crippen molar-refractivity contribution in [1.29, 1.82) is 0 Å². The van der Waals surface area contributed by atoms with Crippen LogP contribution in [0.1, 0.15) is 80.8 Å². The Hall–Kier alpha value is -2.40. The van der Waals surface area contributed by atoms with E-state index >= 15 is 0 Å². The molecule has 2 aromatic carbocycles. The monoisotopic (exact) mass is 525 g/mol.